The summed E-state index contributed by atoms with van der Waals surface area (Å²) in [6.45, 7) is 0.576. The molecular weight excluding hydrogens is 403 g/mol. The second-order valence-corrected chi connectivity index (χ2v) is 10.1. The summed E-state index contributed by atoms with van der Waals surface area (Å²) >= 11 is 0. The molecule has 0 spiro atoms. The molecule has 1 saturated heterocycles. The zero-order chi connectivity index (χ0) is 21.1. The van der Waals surface area contributed by atoms with Gasteiger partial charge in [-0.2, -0.15) is 0 Å². The van der Waals surface area contributed by atoms with Gasteiger partial charge in [0.1, 0.15) is 5.82 Å². The number of piperidine rings is 1. The van der Waals surface area contributed by atoms with Crippen LogP contribution in [0.3, 0.4) is 0 Å². The van der Waals surface area contributed by atoms with Crippen molar-refractivity contribution in [2.45, 2.75) is 43.9 Å². The van der Waals surface area contributed by atoms with Gasteiger partial charge in [0.25, 0.3) is 0 Å². The zero-order valence-electron chi connectivity index (χ0n) is 16.9. The van der Waals surface area contributed by atoms with Gasteiger partial charge in [-0.15, -0.1) is 0 Å². The Morgan fingerprint density at radius 2 is 1.73 bits per heavy atom. The Morgan fingerprint density at radius 1 is 1.03 bits per heavy atom. The molecule has 0 bridgehead atoms. The van der Waals surface area contributed by atoms with Gasteiger partial charge in [0.2, 0.25) is 15.9 Å². The first-order chi connectivity index (χ1) is 14.4. The van der Waals surface area contributed by atoms with E-state index in [2.05, 4.69) is 17.4 Å². The van der Waals surface area contributed by atoms with Gasteiger partial charge in [-0.3, -0.25) is 4.79 Å². The van der Waals surface area contributed by atoms with Crippen molar-refractivity contribution in [3.63, 3.8) is 0 Å². The number of carbonyl (C=O) groups excluding carboxylic acids is 1. The molecule has 2 aromatic carbocycles. The fourth-order valence-electron chi connectivity index (χ4n) is 4.49. The minimum Gasteiger partial charge on any atom is -0.349 e. The Kier molecular flexibility index (Phi) is 6.20. The van der Waals surface area contributed by atoms with E-state index in [4.69, 9.17) is 0 Å². The number of rotatable bonds is 5. The maximum Gasteiger partial charge on any atom is 0.223 e. The van der Waals surface area contributed by atoms with Crippen LogP contribution in [0.5, 0.6) is 0 Å². The summed E-state index contributed by atoms with van der Waals surface area (Å²) in [5.74, 6) is -1.06. The predicted octanol–water partition coefficient (Wildman–Crippen LogP) is 3.56. The highest BCUT2D eigenvalue weighted by Crippen LogP contribution is 2.30. The van der Waals surface area contributed by atoms with Crippen LogP contribution in [-0.4, -0.2) is 31.7 Å². The molecule has 0 saturated carbocycles. The van der Waals surface area contributed by atoms with E-state index in [-0.39, 0.29) is 42.3 Å². The number of fused-ring (bicyclic) bond motifs is 1. The monoisotopic (exact) mass is 430 g/mol. The lowest BCUT2D eigenvalue weighted by Crippen LogP contribution is -2.44. The van der Waals surface area contributed by atoms with Crippen LogP contribution in [0.15, 0.2) is 48.5 Å². The van der Waals surface area contributed by atoms with Gasteiger partial charge in [0.05, 0.1) is 11.8 Å². The van der Waals surface area contributed by atoms with Gasteiger partial charge >= 0.3 is 0 Å². The summed E-state index contributed by atoms with van der Waals surface area (Å²) in [7, 11) is -3.61. The van der Waals surface area contributed by atoms with E-state index >= 15 is 0 Å². The molecule has 1 amide bonds. The number of nitrogens with zero attached hydrogens (tertiary/aromatic N) is 1. The van der Waals surface area contributed by atoms with Gasteiger partial charge in [0, 0.05) is 24.6 Å². The van der Waals surface area contributed by atoms with Gasteiger partial charge in [-0.1, -0.05) is 42.5 Å². The molecule has 160 valence electrons. The maximum atomic E-state index is 13.8. The van der Waals surface area contributed by atoms with Crippen LogP contribution >= 0.6 is 0 Å². The quantitative estimate of drug-likeness (QED) is 0.789. The number of hydrogen-bond acceptors (Lipinski definition) is 3. The molecule has 0 radical (unpaired) electrons. The van der Waals surface area contributed by atoms with Crippen LogP contribution in [-0.2, 0) is 27.0 Å². The lowest BCUT2D eigenvalue weighted by Gasteiger charge is -2.32. The first-order valence-electron chi connectivity index (χ1n) is 10.5. The second kappa shape index (κ2) is 8.86. The summed E-state index contributed by atoms with van der Waals surface area (Å²) in [4.78, 5) is 12.8. The molecule has 1 aliphatic heterocycles. The topological polar surface area (TPSA) is 66.5 Å². The zero-order valence-corrected chi connectivity index (χ0v) is 17.7. The van der Waals surface area contributed by atoms with Gasteiger partial charge in [-0.05, 0) is 49.3 Å². The third-order valence-electron chi connectivity index (χ3n) is 6.20. The standard InChI is InChI=1S/C23H27FN2O3S/c24-21-10-4-2-7-19(21)16-30(28,29)26-14-12-18(13-15-26)23(27)25-22-11-5-8-17-6-1-3-9-20(17)22/h1-4,6-7,9-10,18,22H,5,8,11-16H2,(H,25,27). The number of benzene rings is 2. The normalized spacial score (nSPS) is 20.5. The van der Waals surface area contributed by atoms with Gasteiger partial charge < -0.3 is 5.32 Å². The number of hydrogen-bond donors (Lipinski definition) is 1. The molecule has 1 unspecified atom stereocenters. The first kappa shape index (κ1) is 21.0. The lowest BCUT2D eigenvalue weighted by atomic mass is 9.87. The summed E-state index contributed by atoms with van der Waals surface area (Å²) in [6, 6.07) is 14.2. The van der Waals surface area contributed by atoms with Crippen molar-refractivity contribution in [3.05, 3.63) is 71.0 Å². The fourth-order valence-corrected chi connectivity index (χ4v) is 6.07. The van der Waals surface area contributed by atoms with Crippen molar-refractivity contribution in [3.8, 4) is 0 Å². The average molecular weight is 431 g/mol. The number of sulfonamides is 1. The van der Waals surface area contributed by atoms with Crippen LogP contribution < -0.4 is 5.32 Å². The Balaban J connectivity index is 1.34. The predicted molar refractivity (Wildman–Crippen MR) is 114 cm³/mol. The van der Waals surface area contributed by atoms with Crippen molar-refractivity contribution in [2.24, 2.45) is 5.92 Å². The van der Waals surface area contributed by atoms with Gasteiger partial charge in [0.15, 0.2) is 0 Å². The van der Waals surface area contributed by atoms with Crippen molar-refractivity contribution >= 4 is 15.9 Å². The molecule has 30 heavy (non-hydrogen) atoms. The highest BCUT2D eigenvalue weighted by molar-refractivity contribution is 7.88. The van der Waals surface area contributed by atoms with Crippen LogP contribution in [0.4, 0.5) is 4.39 Å². The summed E-state index contributed by atoms with van der Waals surface area (Å²) < 4.78 is 40.6. The van der Waals surface area contributed by atoms with Crippen molar-refractivity contribution in [1.29, 1.82) is 0 Å². The van der Waals surface area contributed by atoms with Crippen molar-refractivity contribution in [2.75, 3.05) is 13.1 Å². The smallest absolute Gasteiger partial charge is 0.223 e. The van der Waals surface area contributed by atoms with E-state index in [0.29, 0.717) is 12.8 Å². The van der Waals surface area contributed by atoms with E-state index in [0.717, 1.165) is 19.3 Å². The number of carbonyl (C=O) groups is 1. The molecule has 1 heterocycles. The number of aryl methyl sites for hydroxylation is 1. The maximum absolute atomic E-state index is 13.8. The number of nitrogens with one attached hydrogen (secondary N) is 1. The van der Waals surface area contributed by atoms with Gasteiger partial charge in [-0.25, -0.2) is 17.1 Å². The molecule has 0 aromatic heterocycles. The largest absolute Gasteiger partial charge is 0.349 e. The summed E-state index contributed by atoms with van der Waals surface area (Å²) in [6.07, 6.45) is 3.99. The van der Waals surface area contributed by atoms with E-state index in [9.17, 15) is 17.6 Å². The molecule has 7 heteroatoms. The van der Waals surface area contributed by atoms with Crippen molar-refractivity contribution < 1.29 is 17.6 Å². The van der Waals surface area contributed by atoms with Crippen LogP contribution in [0.25, 0.3) is 0 Å². The van der Waals surface area contributed by atoms with Crippen LogP contribution in [0, 0.1) is 11.7 Å². The third kappa shape index (κ3) is 4.57. The molecule has 1 N–H and O–H groups in total. The Labute approximate surface area is 177 Å². The summed E-state index contributed by atoms with van der Waals surface area (Å²) in [5.41, 5.74) is 2.67. The molecule has 1 atom stereocenters. The van der Waals surface area contributed by atoms with Crippen LogP contribution in [0.1, 0.15) is 48.4 Å². The number of halogens is 1. The molecule has 4 rings (SSSR count). The molecule has 1 fully saturated rings. The minimum absolute atomic E-state index is 0.00264. The van der Waals surface area contributed by atoms with Crippen molar-refractivity contribution in [1.82, 2.24) is 9.62 Å². The molecule has 1 aliphatic carbocycles. The molecular formula is C23H27FN2O3S. The third-order valence-corrected chi connectivity index (χ3v) is 8.03. The molecule has 2 aliphatic rings. The number of amides is 1. The SMILES string of the molecule is O=C(NC1CCCc2ccccc21)C1CCN(S(=O)(=O)Cc2ccccc2F)CC1. The highest BCUT2D eigenvalue weighted by Gasteiger charge is 2.33. The van der Waals surface area contributed by atoms with Crippen LogP contribution in [0.2, 0.25) is 0 Å². The molecule has 2 aromatic rings. The second-order valence-electron chi connectivity index (χ2n) is 8.17. The Hall–Kier alpha value is -2.25. The Bertz CT molecular complexity index is 1020. The van der Waals surface area contributed by atoms with E-state index in [1.165, 1.54) is 27.6 Å². The lowest BCUT2D eigenvalue weighted by molar-refractivity contribution is -0.127. The average Bonchev–Trinajstić information content (AvgIpc) is 2.75. The van der Waals surface area contributed by atoms with E-state index < -0.39 is 15.8 Å². The Morgan fingerprint density at radius 3 is 2.50 bits per heavy atom. The fraction of sp³-hybridized carbons (Fsp3) is 0.435. The minimum atomic E-state index is -3.61. The molecule has 5 nitrogen and oxygen atoms in total. The highest BCUT2D eigenvalue weighted by atomic mass is 32.2. The summed E-state index contributed by atoms with van der Waals surface area (Å²) in [5, 5.41) is 3.19. The van der Waals surface area contributed by atoms with E-state index in [1.807, 2.05) is 12.1 Å². The first-order valence-corrected chi connectivity index (χ1v) is 12.1. The van der Waals surface area contributed by atoms with E-state index in [1.54, 1.807) is 12.1 Å².